The van der Waals surface area contributed by atoms with Crippen LogP contribution in [0.25, 0.3) is 0 Å². The van der Waals surface area contributed by atoms with Crippen LogP contribution in [0, 0.1) is 0 Å². The highest BCUT2D eigenvalue weighted by molar-refractivity contribution is 7.80. The number of rotatable bonds is 7. The Kier molecular flexibility index (Phi) is 6.01. The minimum atomic E-state index is 0.423. The highest BCUT2D eigenvalue weighted by Gasteiger charge is 2.11. The topological polar surface area (TPSA) is 51.4 Å². The maximum absolute atomic E-state index is 5.55. The summed E-state index contributed by atoms with van der Waals surface area (Å²) in [5, 5.41) is 0. The molecule has 18 heavy (non-hydrogen) atoms. The molecule has 0 aliphatic carbocycles. The predicted molar refractivity (Wildman–Crippen MR) is 77.7 cm³/mol. The average Bonchev–Trinajstić information content (AvgIpc) is 2.34. The van der Waals surface area contributed by atoms with E-state index in [0.29, 0.717) is 16.9 Å². The van der Waals surface area contributed by atoms with Gasteiger partial charge in [0, 0.05) is 31.6 Å². The lowest BCUT2D eigenvalue weighted by Crippen LogP contribution is -2.33. The van der Waals surface area contributed by atoms with Crippen molar-refractivity contribution < 1.29 is 4.74 Å². The lowest BCUT2D eigenvalue weighted by Gasteiger charge is -2.25. The summed E-state index contributed by atoms with van der Waals surface area (Å²) in [7, 11) is 1.62. The molecule has 0 fully saturated rings. The number of methoxy groups -OCH3 is 1. The van der Waals surface area contributed by atoms with Crippen LogP contribution < -0.4 is 10.5 Å². The lowest BCUT2D eigenvalue weighted by molar-refractivity contribution is 0.216. The second-order valence-corrected chi connectivity index (χ2v) is 4.98. The minimum absolute atomic E-state index is 0.423. The zero-order valence-corrected chi connectivity index (χ0v) is 12.0. The molecule has 1 rings (SSSR count). The van der Waals surface area contributed by atoms with E-state index in [9.17, 15) is 0 Å². The van der Waals surface area contributed by atoms with Gasteiger partial charge in [-0.25, -0.2) is 4.98 Å². The van der Waals surface area contributed by atoms with Crippen molar-refractivity contribution in [1.82, 2.24) is 9.88 Å². The summed E-state index contributed by atoms with van der Waals surface area (Å²) in [5.74, 6) is 0.644. The van der Waals surface area contributed by atoms with Crippen LogP contribution in [0.15, 0.2) is 18.2 Å². The Bertz CT molecular complexity index is 396. The summed E-state index contributed by atoms with van der Waals surface area (Å²) < 4.78 is 5.12. The van der Waals surface area contributed by atoms with Gasteiger partial charge in [-0.1, -0.05) is 18.3 Å². The van der Waals surface area contributed by atoms with Crippen LogP contribution >= 0.6 is 12.2 Å². The lowest BCUT2D eigenvalue weighted by atomic mass is 10.2. The van der Waals surface area contributed by atoms with Gasteiger partial charge in [0.25, 0.3) is 0 Å². The van der Waals surface area contributed by atoms with Gasteiger partial charge in [0.2, 0.25) is 5.88 Å². The number of ether oxygens (including phenoxy) is 1. The maximum atomic E-state index is 5.55. The Morgan fingerprint density at radius 3 is 2.78 bits per heavy atom. The second kappa shape index (κ2) is 7.28. The van der Waals surface area contributed by atoms with Gasteiger partial charge >= 0.3 is 0 Å². The molecule has 0 amide bonds. The third-order valence-corrected chi connectivity index (χ3v) is 2.94. The molecule has 0 saturated carbocycles. The van der Waals surface area contributed by atoms with Gasteiger partial charge in [-0.3, -0.25) is 4.90 Å². The van der Waals surface area contributed by atoms with Gasteiger partial charge in [-0.15, -0.1) is 0 Å². The van der Waals surface area contributed by atoms with E-state index in [2.05, 4.69) is 23.7 Å². The van der Waals surface area contributed by atoms with Crippen LogP contribution in [0.3, 0.4) is 0 Å². The normalized spacial score (nSPS) is 10.9. The van der Waals surface area contributed by atoms with Gasteiger partial charge in [-0.2, -0.15) is 0 Å². The molecule has 4 nitrogen and oxygen atoms in total. The standard InChI is InChI=1S/C13H21N3OS/c1-10(2)16(8-7-12(14)18)9-11-5-4-6-13(15-11)17-3/h4-6,10H,7-9H2,1-3H3,(H2,14,18). The zero-order chi connectivity index (χ0) is 13.5. The van der Waals surface area contributed by atoms with Crippen molar-refractivity contribution in [2.24, 2.45) is 5.73 Å². The van der Waals surface area contributed by atoms with Crippen molar-refractivity contribution in [3.05, 3.63) is 23.9 Å². The monoisotopic (exact) mass is 267 g/mol. The van der Waals surface area contributed by atoms with E-state index in [0.717, 1.165) is 25.2 Å². The SMILES string of the molecule is COc1cccc(CN(CCC(N)=S)C(C)C)n1. The Labute approximate surface area is 114 Å². The van der Waals surface area contributed by atoms with Crippen molar-refractivity contribution in [2.75, 3.05) is 13.7 Å². The quantitative estimate of drug-likeness (QED) is 0.766. The highest BCUT2D eigenvalue weighted by Crippen LogP contribution is 2.11. The summed E-state index contributed by atoms with van der Waals surface area (Å²) in [6.07, 6.45) is 0.734. The number of nitrogens with zero attached hydrogens (tertiary/aromatic N) is 2. The van der Waals surface area contributed by atoms with Crippen molar-refractivity contribution in [2.45, 2.75) is 32.9 Å². The summed E-state index contributed by atoms with van der Waals surface area (Å²) in [5.41, 5.74) is 6.54. The number of thiocarbonyl (C=S) groups is 1. The molecule has 0 aromatic carbocycles. The third-order valence-electron chi connectivity index (χ3n) is 2.73. The van der Waals surface area contributed by atoms with Crippen LogP contribution in [0.4, 0.5) is 0 Å². The van der Waals surface area contributed by atoms with Crippen LogP contribution in [-0.4, -0.2) is 34.6 Å². The van der Waals surface area contributed by atoms with E-state index in [1.807, 2.05) is 18.2 Å². The molecular formula is C13H21N3OS. The van der Waals surface area contributed by atoms with E-state index in [-0.39, 0.29) is 0 Å². The first-order chi connectivity index (χ1) is 8.52. The predicted octanol–water partition coefficient (Wildman–Crippen LogP) is 1.98. The third kappa shape index (κ3) is 4.98. The largest absolute Gasteiger partial charge is 0.481 e. The van der Waals surface area contributed by atoms with Gasteiger partial charge in [0.15, 0.2) is 0 Å². The van der Waals surface area contributed by atoms with E-state index in [1.165, 1.54) is 0 Å². The molecule has 0 aliphatic heterocycles. The Morgan fingerprint density at radius 1 is 1.50 bits per heavy atom. The maximum Gasteiger partial charge on any atom is 0.213 e. The van der Waals surface area contributed by atoms with Crippen molar-refractivity contribution >= 4 is 17.2 Å². The smallest absolute Gasteiger partial charge is 0.213 e. The first kappa shape index (κ1) is 14.9. The Hall–Kier alpha value is -1.20. The van der Waals surface area contributed by atoms with Gasteiger partial charge in [0.05, 0.1) is 17.8 Å². The van der Waals surface area contributed by atoms with Crippen LogP contribution in [0.5, 0.6) is 5.88 Å². The van der Waals surface area contributed by atoms with Crippen LogP contribution in [-0.2, 0) is 6.54 Å². The van der Waals surface area contributed by atoms with Crippen molar-refractivity contribution in [3.63, 3.8) is 0 Å². The van der Waals surface area contributed by atoms with Crippen molar-refractivity contribution in [3.8, 4) is 5.88 Å². The Balaban J connectivity index is 2.67. The number of aromatic nitrogens is 1. The molecule has 0 aliphatic rings. The summed E-state index contributed by atoms with van der Waals surface area (Å²) >= 11 is 4.92. The van der Waals surface area contributed by atoms with Crippen molar-refractivity contribution in [1.29, 1.82) is 0 Å². The van der Waals surface area contributed by atoms with Crippen LogP contribution in [0.1, 0.15) is 26.0 Å². The molecule has 1 heterocycles. The molecule has 0 saturated heterocycles. The molecule has 0 radical (unpaired) electrons. The van der Waals surface area contributed by atoms with E-state index in [4.69, 9.17) is 22.7 Å². The number of hydrogen-bond acceptors (Lipinski definition) is 4. The number of hydrogen-bond donors (Lipinski definition) is 1. The summed E-state index contributed by atoms with van der Waals surface area (Å²) in [6.45, 7) is 5.93. The number of nitrogens with two attached hydrogens (primary N) is 1. The molecule has 1 aromatic heterocycles. The van der Waals surface area contributed by atoms with E-state index >= 15 is 0 Å². The Morgan fingerprint density at radius 2 is 2.22 bits per heavy atom. The molecule has 100 valence electrons. The molecular weight excluding hydrogens is 246 g/mol. The highest BCUT2D eigenvalue weighted by atomic mass is 32.1. The first-order valence-electron chi connectivity index (χ1n) is 6.05. The molecule has 0 spiro atoms. The zero-order valence-electron chi connectivity index (χ0n) is 11.2. The molecule has 0 unspecified atom stereocenters. The molecule has 2 N–H and O–H groups in total. The number of pyridine rings is 1. The molecule has 5 heteroatoms. The fourth-order valence-corrected chi connectivity index (χ4v) is 1.73. The molecule has 1 aromatic rings. The fraction of sp³-hybridized carbons (Fsp3) is 0.538. The minimum Gasteiger partial charge on any atom is -0.481 e. The van der Waals surface area contributed by atoms with Gasteiger partial charge in [-0.05, 0) is 19.9 Å². The van der Waals surface area contributed by atoms with Gasteiger partial charge in [0.1, 0.15) is 0 Å². The van der Waals surface area contributed by atoms with Crippen LogP contribution in [0.2, 0.25) is 0 Å². The first-order valence-corrected chi connectivity index (χ1v) is 6.46. The fourth-order valence-electron chi connectivity index (χ4n) is 1.64. The second-order valence-electron chi connectivity index (χ2n) is 4.45. The summed E-state index contributed by atoms with van der Waals surface area (Å²) in [6, 6.07) is 6.22. The average molecular weight is 267 g/mol. The van der Waals surface area contributed by atoms with E-state index < -0.39 is 0 Å². The summed E-state index contributed by atoms with van der Waals surface area (Å²) in [4.78, 5) is 7.26. The van der Waals surface area contributed by atoms with Gasteiger partial charge < -0.3 is 10.5 Å². The molecule has 0 bridgehead atoms. The van der Waals surface area contributed by atoms with E-state index in [1.54, 1.807) is 7.11 Å². The molecule has 0 atom stereocenters.